The van der Waals surface area contributed by atoms with Crippen molar-refractivity contribution in [1.29, 1.82) is 0 Å². The number of rotatable bonds is 6. The van der Waals surface area contributed by atoms with Crippen molar-refractivity contribution in [3.05, 3.63) is 12.2 Å². The highest BCUT2D eigenvalue weighted by atomic mass is 28.3. The summed E-state index contributed by atoms with van der Waals surface area (Å²) in [5.41, 5.74) is -0.217. The molecule has 0 bridgehead atoms. The molecular formula is C12H19F3O4Si. The number of ether oxygens (including phenoxy) is 2. The van der Waals surface area contributed by atoms with Gasteiger partial charge in [-0.05, 0) is 6.42 Å². The molecule has 4 nitrogen and oxygen atoms in total. The van der Waals surface area contributed by atoms with Gasteiger partial charge >= 0.3 is 18.1 Å². The van der Waals surface area contributed by atoms with Gasteiger partial charge in [-0.2, -0.15) is 13.2 Å². The Labute approximate surface area is 116 Å². The lowest BCUT2D eigenvalue weighted by molar-refractivity contribution is -0.182. The molecule has 0 N–H and O–H groups in total. The molecule has 0 spiro atoms. The van der Waals surface area contributed by atoms with Crippen LogP contribution in [0.3, 0.4) is 0 Å². The summed E-state index contributed by atoms with van der Waals surface area (Å²) >= 11 is 0. The molecule has 0 aromatic heterocycles. The van der Waals surface area contributed by atoms with Crippen LogP contribution < -0.4 is 0 Å². The smallest absolute Gasteiger partial charge is 0.422 e. The topological polar surface area (TPSA) is 52.6 Å². The molecule has 0 aromatic rings. The zero-order chi connectivity index (χ0) is 16.0. The van der Waals surface area contributed by atoms with Crippen LogP contribution in [0.5, 0.6) is 0 Å². The molecule has 0 saturated heterocycles. The zero-order valence-corrected chi connectivity index (χ0v) is 12.9. The molecule has 0 amide bonds. The molecule has 0 radical (unpaired) electrons. The second-order valence-electron chi connectivity index (χ2n) is 5.26. The standard InChI is InChI=1S/C12H19F3O4Si/c1-5-11(20(2,3)4)19-10(17)7-6-9(16)18-8-12(13,14)15/h6-7,11H,5,8H2,1-4H3. The van der Waals surface area contributed by atoms with E-state index >= 15 is 0 Å². The maximum atomic E-state index is 11.8. The van der Waals surface area contributed by atoms with Crippen LogP contribution in [0, 0.1) is 0 Å². The predicted molar refractivity (Wildman–Crippen MR) is 69.7 cm³/mol. The number of carbonyl (C=O) groups is 2. The second kappa shape index (κ2) is 7.46. The largest absolute Gasteiger partial charge is 0.463 e. The third kappa shape index (κ3) is 8.73. The Morgan fingerprint density at radius 1 is 1.15 bits per heavy atom. The zero-order valence-electron chi connectivity index (χ0n) is 11.9. The minimum absolute atomic E-state index is 0.217. The van der Waals surface area contributed by atoms with E-state index in [0.717, 1.165) is 6.08 Å². The third-order valence-electron chi connectivity index (χ3n) is 2.33. The first-order valence-corrected chi connectivity index (χ1v) is 9.65. The van der Waals surface area contributed by atoms with Crippen molar-refractivity contribution in [1.82, 2.24) is 0 Å². The fourth-order valence-electron chi connectivity index (χ4n) is 1.39. The first-order chi connectivity index (χ1) is 8.95. The van der Waals surface area contributed by atoms with Gasteiger partial charge in [0, 0.05) is 12.2 Å². The van der Waals surface area contributed by atoms with Crippen LogP contribution in [0.4, 0.5) is 13.2 Å². The number of esters is 2. The Hall–Kier alpha value is -1.31. The van der Waals surface area contributed by atoms with E-state index in [1.54, 1.807) is 0 Å². The lowest BCUT2D eigenvalue weighted by Gasteiger charge is -2.26. The number of alkyl halides is 3. The van der Waals surface area contributed by atoms with Crippen LogP contribution in [-0.4, -0.2) is 38.5 Å². The van der Waals surface area contributed by atoms with E-state index in [1.165, 1.54) is 0 Å². The van der Waals surface area contributed by atoms with Gasteiger partial charge in [-0.3, -0.25) is 0 Å². The molecule has 20 heavy (non-hydrogen) atoms. The molecule has 0 aliphatic carbocycles. The molecular weight excluding hydrogens is 293 g/mol. The van der Waals surface area contributed by atoms with Crippen LogP contribution in [0.25, 0.3) is 0 Å². The fourth-order valence-corrected chi connectivity index (χ4v) is 3.08. The highest BCUT2D eigenvalue weighted by molar-refractivity contribution is 6.77. The van der Waals surface area contributed by atoms with Gasteiger partial charge in [-0.15, -0.1) is 0 Å². The van der Waals surface area contributed by atoms with Gasteiger partial charge in [-0.25, -0.2) is 9.59 Å². The molecule has 0 aromatic carbocycles. The molecule has 1 atom stereocenters. The number of halogens is 3. The van der Waals surface area contributed by atoms with E-state index in [-0.39, 0.29) is 5.73 Å². The summed E-state index contributed by atoms with van der Waals surface area (Å²) in [6.45, 7) is 6.26. The minimum atomic E-state index is -4.59. The normalized spacial score (nSPS) is 14.2. The average molecular weight is 312 g/mol. The molecule has 0 aliphatic heterocycles. The second-order valence-corrected chi connectivity index (χ2v) is 10.6. The van der Waals surface area contributed by atoms with Gasteiger partial charge in [0.2, 0.25) is 0 Å². The van der Waals surface area contributed by atoms with Gasteiger partial charge in [0.05, 0.1) is 13.8 Å². The predicted octanol–water partition coefficient (Wildman–Crippen LogP) is 2.85. The van der Waals surface area contributed by atoms with Gasteiger partial charge in [0.25, 0.3) is 0 Å². The van der Waals surface area contributed by atoms with Crippen LogP contribution in [0.1, 0.15) is 13.3 Å². The Morgan fingerprint density at radius 2 is 1.65 bits per heavy atom. The number of hydrogen-bond donors (Lipinski definition) is 0. The Morgan fingerprint density at radius 3 is 2.05 bits per heavy atom. The van der Waals surface area contributed by atoms with E-state index in [0.29, 0.717) is 12.5 Å². The number of hydrogen-bond acceptors (Lipinski definition) is 4. The Balaban J connectivity index is 4.32. The monoisotopic (exact) mass is 312 g/mol. The summed E-state index contributed by atoms with van der Waals surface area (Å²) in [6.07, 6.45) is -2.53. The Bertz CT molecular complexity index is 372. The quantitative estimate of drug-likeness (QED) is 0.430. The summed E-state index contributed by atoms with van der Waals surface area (Å²) in [5, 5.41) is 0. The molecule has 0 rings (SSSR count). The van der Waals surface area contributed by atoms with Crippen LogP contribution in [0.15, 0.2) is 12.2 Å². The molecule has 1 unspecified atom stereocenters. The van der Waals surface area contributed by atoms with Crippen LogP contribution >= 0.6 is 0 Å². The van der Waals surface area contributed by atoms with Crippen molar-refractivity contribution in [3.8, 4) is 0 Å². The molecule has 0 heterocycles. The minimum Gasteiger partial charge on any atom is -0.463 e. The van der Waals surface area contributed by atoms with Crippen molar-refractivity contribution in [3.63, 3.8) is 0 Å². The molecule has 116 valence electrons. The summed E-state index contributed by atoms with van der Waals surface area (Å²) in [6, 6.07) is 0. The average Bonchev–Trinajstić information content (AvgIpc) is 2.28. The van der Waals surface area contributed by atoms with Gasteiger partial charge in [-0.1, -0.05) is 26.6 Å². The van der Waals surface area contributed by atoms with E-state index in [4.69, 9.17) is 4.74 Å². The van der Waals surface area contributed by atoms with Gasteiger partial charge < -0.3 is 9.47 Å². The maximum Gasteiger partial charge on any atom is 0.422 e. The van der Waals surface area contributed by atoms with Crippen molar-refractivity contribution in [2.75, 3.05) is 6.61 Å². The molecule has 0 aliphatic rings. The first kappa shape index (κ1) is 18.7. The summed E-state index contributed by atoms with van der Waals surface area (Å²) < 4.78 is 44.4. The third-order valence-corrected chi connectivity index (χ3v) is 4.79. The molecule has 8 heteroatoms. The maximum absolute atomic E-state index is 11.8. The highest BCUT2D eigenvalue weighted by Gasteiger charge is 2.29. The van der Waals surface area contributed by atoms with Crippen molar-refractivity contribution in [2.45, 2.75) is 44.9 Å². The van der Waals surface area contributed by atoms with E-state index < -0.39 is 32.8 Å². The lowest BCUT2D eigenvalue weighted by atomic mass is 10.5. The van der Waals surface area contributed by atoms with E-state index in [1.807, 2.05) is 26.6 Å². The summed E-state index contributed by atoms with van der Waals surface area (Å²) in [4.78, 5) is 22.4. The van der Waals surface area contributed by atoms with Crippen LogP contribution in [0.2, 0.25) is 19.6 Å². The van der Waals surface area contributed by atoms with Crippen molar-refractivity contribution in [2.24, 2.45) is 0 Å². The van der Waals surface area contributed by atoms with Crippen molar-refractivity contribution >= 4 is 20.0 Å². The molecule has 0 saturated carbocycles. The molecule has 0 fully saturated rings. The van der Waals surface area contributed by atoms with E-state index in [2.05, 4.69) is 4.74 Å². The van der Waals surface area contributed by atoms with Crippen LogP contribution in [-0.2, 0) is 19.1 Å². The SMILES string of the molecule is CCC(OC(=O)C=CC(=O)OCC(F)(F)F)[Si](C)(C)C. The van der Waals surface area contributed by atoms with Gasteiger partial charge in [0.15, 0.2) is 6.61 Å². The lowest BCUT2D eigenvalue weighted by Crippen LogP contribution is -2.41. The fraction of sp³-hybridized carbons (Fsp3) is 0.667. The number of carbonyl (C=O) groups excluding carboxylic acids is 2. The first-order valence-electron chi connectivity index (χ1n) is 6.08. The highest BCUT2D eigenvalue weighted by Crippen LogP contribution is 2.16. The van der Waals surface area contributed by atoms with Crippen molar-refractivity contribution < 1.29 is 32.2 Å². The Kier molecular flexibility index (Phi) is 6.97. The summed E-state index contributed by atoms with van der Waals surface area (Å²) in [7, 11) is -1.69. The summed E-state index contributed by atoms with van der Waals surface area (Å²) in [5.74, 6) is -2.00. The van der Waals surface area contributed by atoms with Gasteiger partial charge in [0.1, 0.15) is 0 Å². The van der Waals surface area contributed by atoms with E-state index in [9.17, 15) is 22.8 Å².